The van der Waals surface area contributed by atoms with Crippen LogP contribution in [0, 0.1) is 5.41 Å². The molecular weight excluding hydrogens is 276 g/mol. The lowest BCUT2D eigenvalue weighted by atomic mass is 9.88. The van der Waals surface area contributed by atoms with Crippen LogP contribution in [0.3, 0.4) is 0 Å². The Morgan fingerprint density at radius 2 is 1.95 bits per heavy atom. The molecule has 1 atom stereocenters. The summed E-state index contributed by atoms with van der Waals surface area (Å²) in [7, 11) is 0. The fourth-order valence-corrected chi connectivity index (χ4v) is 2.01. The highest BCUT2D eigenvalue weighted by molar-refractivity contribution is 5.28. The molecule has 118 valence electrons. The van der Waals surface area contributed by atoms with Gasteiger partial charge in [-0.3, -0.25) is 4.98 Å². The molecule has 0 unspecified atom stereocenters. The number of aromatic nitrogens is 2. The van der Waals surface area contributed by atoms with Gasteiger partial charge in [0.05, 0.1) is 17.6 Å². The van der Waals surface area contributed by atoms with Crippen LogP contribution in [0.15, 0.2) is 43.0 Å². The van der Waals surface area contributed by atoms with Crippen molar-refractivity contribution < 1.29 is 4.74 Å². The van der Waals surface area contributed by atoms with Crippen molar-refractivity contribution in [1.29, 1.82) is 5.41 Å². The molecule has 5 nitrogen and oxygen atoms in total. The fourth-order valence-electron chi connectivity index (χ4n) is 2.01. The molecule has 0 aliphatic heterocycles. The van der Waals surface area contributed by atoms with Crippen molar-refractivity contribution in [3.05, 3.63) is 53.9 Å². The van der Waals surface area contributed by atoms with Gasteiger partial charge in [0.15, 0.2) is 0 Å². The van der Waals surface area contributed by atoms with Gasteiger partial charge in [0, 0.05) is 25.1 Å². The average molecular weight is 300 g/mol. The molecule has 0 fully saturated rings. The van der Waals surface area contributed by atoms with Crippen molar-refractivity contribution in [2.75, 3.05) is 6.61 Å². The van der Waals surface area contributed by atoms with Gasteiger partial charge < -0.3 is 20.4 Å². The molecule has 2 aromatic rings. The largest absolute Gasteiger partial charge is 0.490 e. The second-order valence-corrected chi connectivity index (χ2v) is 6.51. The van der Waals surface area contributed by atoms with Crippen LogP contribution in [-0.4, -0.2) is 22.2 Å². The maximum absolute atomic E-state index is 7.46. The molecule has 2 rings (SSSR count). The lowest BCUT2D eigenvalue weighted by molar-refractivity contribution is 0.274. The van der Waals surface area contributed by atoms with E-state index in [1.807, 2.05) is 29.2 Å². The van der Waals surface area contributed by atoms with E-state index in [2.05, 4.69) is 25.8 Å². The molecule has 0 spiro atoms. The molecule has 2 aromatic heterocycles. The Morgan fingerprint density at radius 3 is 2.59 bits per heavy atom. The molecular formula is C17H24N4O. The van der Waals surface area contributed by atoms with Crippen LogP contribution in [0.2, 0.25) is 0 Å². The monoisotopic (exact) mass is 300 g/mol. The minimum absolute atomic E-state index is 0.0440. The molecule has 0 aliphatic carbocycles. The Kier molecular flexibility index (Phi) is 4.98. The standard InChI is InChI=1S/C17H24N4O/c1-17(2,3)13-8-16(10-20-9-13)22-12-15(19)11-21-6-4-14(18)5-7-21/h4-10,15,18H,11-12,19H2,1-3H3/t15-/m0/s1. The third-order valence-electron chi connectivity index (χ3n) is 3.38. The highest BCUT2D eigenvalue weighted by Gasteiger charge is 2.15. The summed E-state index contributed by atoms with van der Waals surface area (Å²) in [5.41, 5.74) is 7.28. The second kappa shape index (κ2) is 6.75. The first-order valence-corrected chi connectivity index (χ1v) is 7.39. The van der Waals surface area contributed by atoms with E-state index in [0.29, 0.717) is 18.5 Å². The molecule has 0 aromatic carbocycles. The Bertz CT molecular complexity index is 652. The molecule has 0 aliphatic rings. The van der Waals surface area contributed by atoms with E-state index in [0.717, 1.165) is 11.3 Å². The Hall–Kier alpha value is -2.14. The smallest absolute Gasteiger partial charge is 0.137 e. The molecule has 0 bridgehead atoms. The Morgan fingerprint density at radius 1 is 1.27 bits per heavy atom. The van der Waals surface area contributed by atoms with E-state index < -0.39 is 0 Å². The third-order valence-corrected chi connectivity index (χ3v) is 3.38. The minimum Gasteiger partial charge on any atom is -0.490 e. The zero-order valence-electron chi connectivity index (χ0n) is 13.4. The summed E-state index contributed by atoms with van der Waals surface area (Å²) in [6.07, 6.45) is 7.28. The summed E-state index contributed by atoms with van der Waals surface area (Å²) in [6, 6.07) is 5.37. The zero-order chi connectivity index (χ0) is 16.2. The topological polar surface area (TPSA) is 76.9 Å². The first-order chi connectivity index (χ1) is 10.3. The van der Waals surface area contributed by atoms with E-state index >= 15 is 0 Å². The summed E-state index contributed by atoms with van der Waals surface area (Å²) < 4.78 is 7.72. The molecule has 22 heavy (non-hydrogen) atoms. The van der Waals surface area contributed by atoms with Gasteiger partial charge in [-0.15, -0.1) is 0 Å². The van der Waals surface area contributed by atoms with Crippen molar-refractivity contribution in [1.82, 2.24) is 9.55 Å². The highest BCUT2D eigenvalue weighted by atomic mass is 16.5. The van der Waals surface area contributed by atoms with Crippen LogP contribution in [0.5, 0.6) is 5.75 Å². The lowest BCUT2D eigenvalue weighted by Crippen LogP contribution is -2.32. The maximum Gasteiger partial charge on any atom is 0.137 e. The quantitative estimate of drug-likeness (QED) is 0.887. The van der Waals surface area contributed by atoms with Gasteiger partial charge >= 0.3 is 0 Å². The number of rotatable bonds is 5. The van der Waals surface area contributed by atoms with Crippen molar-refractivity contribution in [3.8, 4) is 5.75 Å². The molecule has 0 radical (unpaired) electrons. The first kappa shape index (κ1) is 16.2. The number of ether oxygens (including phenoxy) is 1. The van der Waals surface area contributed by atoms with Crippen LogP contribution in [0.4, 0.5) is 0 Å². The van der Waals surface area contributed by atoms with Crippen LogP contribution in [0.1, 0.15) is 26.3 Å². The normalized spacial score (nSPS) is 12.9. The van der Waals surface area contributed by atoms with Gasteiger partial charge in [-0.2, -0.15) is 0 Å². The minimum atomic E-state index is -0.125. The average Bonchev–Trinajstić information content (AvgIpc) is 2.47. The maximum atomic E-state index is 7.46. The number of hydrogen-bond acceptors (Lipinski definition) is 4. The van der Waals surface area contributed by atoms with Crippen LogP contribution in [0.25, 0.3) is 0 Å². The number of nitrogens with zero attached hydrogens (tertiary/aromatic N) is 2. The van der Waals surface area contributed by atoms with Gasteiger partial charge in [-0.1, -0.05) is 20.8 Å². The molecule has 0 saturated heterocycles. The van der Waals surface area contributed by atoms with E-state index in [1.165, 1.54) is 0 Å². The summed E-state index contributed by atoms with van der Waals surface area (Å²) in [5, 5.41) is 7.95. The van der Waals surface area contributed by atoms with Crippen LogP contribution >= 0.6 is 0 Å². The highest BCUT2D eigenvalue weighted by Crippen LogP contribution is 2.24. The number of hydrogen-bond donors (Lipinski definition) is 2. The Balaban J connectivity index is 1.92. The van der Waals surface area contributed by atoms with Gasteiger partial charge in [0.1, 0.15) is 12.4 Å². The van der Waals surface area contributed by atoms with Crippen LogP contribution < -0.4 is 15.8 Å². The summed E-state index contributed by atoms with van der Waals surface area (Å²) in [4.78, 5) is 4.23. The Labute approximate surface area is 131 Å². The predicted molar refractivity (Wildman–Crippen MR) is 86.7 cm³/mol. The summed E-state index contributed by atoms with van der Waals surface area (Å²) >= 11 is 0. The van der Waals surface area contributed by atoms with Gasteiger partial charge in [0.2, 0.25) is 0 Å². The van der Waals surface area contributed by atoms with E-state index in [-0.39, 0.29) is 11.5 Å². The first-order valence-electron chi connectivity index (χ1n) is 7.39. The predicted octanol–water partition coefficient (Wildman–Crippen LogP) is 2.07. The SMILES string of the molecule is CC(C)(C)c1cncc(OC[C@@H](N)Cn2ccc(=N)cc2)c1. The van der Waals surface area contributed by atoms with E-state index in [9.17, 15) is 0 Å². The number of nitrogens with one attached hydrogen (secondary N) is 1. The zero-order valence-corrected chi connectivity index (χ0v) is 13.4. The van der Waals surface area contributed by atoms with Crippen LogP contribution in [-0.2, 0) is 12.0 Å². The van der Waals surface area contributed by atoms with Crippen molar-refractivity contribution in [3.63, 3.8) is 0 Å². The van der Waals surface area contributed by atoms with Crippen molar-refractivity contribution in [2.45, 2.75) is 38.8 Å². The van der Waals surface area contributed by atoms with Crippen molar-refractivity contribution >= 4 is 0 Å². The number of pyridine rings is 2. The van der Waals surface area contributed by atoms with Crippen molar-refractivity contribution in [2.24, 2.45) is 5.73 Å². The molecule has 0 amide bonds. The van der Waals surface area contributed by atoms with Gasteiger partial charge in [0.25, 0.3) is 0 Å². The number of nitrogens with two attached hydrogens (primary N) is 1. The van der Waals surface area contributed by atoms with E-state index in [4.69, 9.17) is 15.9 Å². The third kappa shape index (κ3) is 4.70. The molecule has 3 N–H and O–H groups in total. The molecule has 0 saturated carbocycles. The molecule has 5 heteroatoms. The van der Waals surface area contributed by atoms with E-state index in [1.54, 1.807) is 18.3 Å². The molecule has 2 heterocycles. The summed E-state index contributed by atoms with van der Waals surface area (Å²) in [6.45, 7) is 7.50. The van der Waals surface area contributed by atoms with Gasteiger partial charge in [-0.05, 0) is 29.2 Å². The van der Waals surface area contributed by atoms with Gasteiger partial charge in [-0.25, -0.2) is 0 Å². The summed E-state index contributed by atoms with van der Waals surface area (Å²) in [5.74, 6) is 0.745. The second-order valence-electron chi connectivity index (χ2n) is 6.51. The fraction of sp³-hybridized carbons (Fsp3) is 0.412. The lowest BCUT2D eigenvalue weighted by Gasteiger charge is -2.20.